The van der Waals surface area contributed by atoms with E-state index in [0.717, 1.165) is 23.8 Å². The third kappa shape index (κ3) is 4.98. The van der Waals surface area contributed by atoms with E-state index < -0.39 is 0 Å². The molecule has 0 fully saturated rings. The van der Waals surface area contributed by atoms with Crippen molar-refractivity contribution >= 4 is 5.96 Å². The molecule has 1 aromatic carbocycles. The molecular weight excluding hydrogens is 294 g/mol. The van der Waals surface area contributed by atoms with Gasteiger partial charge in [-0.15, -0.1) is 0 Å². The number of nitrogens with one attached hydrogen (secondary N) is 1. The number of methoxy groups -OCH3 is 1. The molecule has 2 rings (SSSR count). The summed E-state index contributed by atoms with van der Waals surface area (Å²) >= 11 is 0. The molecule has 1 heterocycles. The summed E-state index contributed by atoms with van der Waals surface area (Å²) in [6.07, 6.45) is 0. The van der Waals surface area contributed by atoms with Crippen LogP contribution in [0.5, 0.6) is 5.75 Å². The van der Waals surface area contributed by atoms with Gasteiger partial charge in [0.2, 0.25) is 5.89 Å². The summed E-state index contributed by atoms with van der Waals surface area (Å²) in [6, 6.07) is 7.99. The monoisotopic (exact) mass is 317 g/mol. The second-order valence-electron chi connectivity index (χ2n) is 5.11. The molecule has 0 bridgehead atoms. The quantitative estimate of drug-likeness (QED) is 0.648. The number of benzene rings is 1. The van der Waals surface area contributed by atoms with Crippen LogP contribution >= 0.6 is 0 Å². The van der Waals surface area contributed by atoms with E-state index in [-0.39, 0.29) is 0 Å². The molecule has 0 saturated heterocycles. The van der Waals surface area contributed by atoms with Crippen molar-refractivity contribution in [1.29, 1.82) is 0 Å². The van der Waals surface area contributed by atoms with E-state index in [0.29, 0.717) is 24.8 Å². The number of aliphatic imine (C=N–C) groups is 1. The summed E-state index contributed by atoms with van der Waals surface area (Å²) in [5.74, 6) is 2.76. The highest BCUT2D eigenvalue weighted by molar-refractivity contribution is 5.79. The van der Waals surface area contributed by atoms with Crippen LogP contribution in [0.25, 0.3) is 0 Å². The fourth-order valence-corrected chi connectivity index (χ4v) is 2.14. The highest BCUT2D eigenvalue weighted by atomic mass is 16.5. The lowest BCUT2D eigenvalue weighted by atomic mass is 10.2. The molecular formula is C16H23N5O2. The molecule has 0 saturated carbocycles. The fraction of sp³-hybridized carbons (Fsp3) is 0.438. The molecule has 7 heteroatoms. The Balaban J connectivity index is 2.06. The van der Waals surface area contributed by atoms with Crippen molar-refractivity contribution in [1.82, 2.24) is 20.4 Å². The van der Waals surface area contributed by atoms with Crippen molar-refractivity contribution in [2.75, 3.05) is 20.7 Å². The van der Waals surface area contributed by atoms with Gasteiger partial charge in [0.05, 0.1) is 7.11 Å². The average molecular weight is 317 g/mol. The molecule has 0 aliphatic rings. The molecule has 0 radical (unpaired) electrons. The standard InChI is InChI=1S/C16H23N5O2/c1-5-17-16(18-10-15-19-12(2)23-20-15)21(3)11-13-7-6-8-14(9-13)22-4/h6-9H,5,10-11H2,1-4H3,(H,17,18). The van der Waals surface area contributed by atoms with Crippen molar-refractivity contribution in [3.05, 3.63) is 41.5 Å². The average Bonchev–Trinajstić information content (AvgIpc) is 2.97. The molecule has 0 spiro atoms. The molecule has 1 N–H and O–H groups in total. The van der Waals surface area contributed by atoms with E-state index in [1.807, 2.05) is 37.1 Å². The van der Waals surface area contributed by atoms with Crippen LogP contribution in [0.15, 0.2) is 33.8 Å². The second-order valence-corrected chi connectivity index (χ2v) is 5.11. The Labute approximate surface area is 136 Å². The number of ether oxygens (including phenoxy) is 1. The first kappa shape index (κ1) is 16.8. The van der Waals surface area contributed by atoms with Crippen LogP contribution in [0, 0.1) is 6.92 Å². The molecule has 7 nitrogen and oxygen atoms in total. The summed E-state index contributed by atoms with van der Waals surface area (Å²) in [5.41, 5.74) is 1.15. The zero-order valence-corrected chi connectivity index (χ0v) is 14.0. The zero-order chi connectivity index (χ0) is 16.7. The number of hydrogen-bond donors (Lipinski definition) is 1. The van der Waals surface area contributed by atoms with Crippen molar-refractivity contribution in [2.45, 2.75) is 26.9 Å². The van der Waals surface area contributed by atoms with Gasteiger partial charge in [0.25, 0.3) is 0 Å². The van der Waals surface area contributed by atoms with Crippen LogP contribution in [0.4, 0.5) is 0 Å². The number of hydrogen-bond acceptors (Lipinski definition) is 5. The fourth-order valence-electron chi connectivity index (χ4n) is 2.14. The van der Waals surface area contributed by atoms with Gasteiger partial charge in [-0.2, -0.15) is 4.98 Å². The highest BCUT2D eigenvalue weighted by Gasteiger charge is 2.08. The van der Waals surface area contributed by atoms with Gasteiger partial charge in [0.1, 0.15) is 12.3 Å². The maximum atomic E-state index is 5.26. The van der Waals surface area contributed by atoms with Gasteiger partial charge in [0, 0.05) is 27.1 Å². The van der Waals surface area contributed by atoms with Gasteiger partial charge in [-0.25, -0.2) is 4.99 Å². The minimum Gasteiger partial charge on any atom is -0.497 e. The second kappa shape index (κ2) is 8.17. The Morgan fingerprint density at radius 1 is 1.43 bits per heavy atom. The topological polar surface area (TPSA) is 75.8 Å². The third-order valence-electron chi connectivity index (χ3n) is 3.19. The Kier molecular flexibility index (Phi) is 5.96. The van der Waals surface area contributed by atoms with E-state index in [9.17, 15) is 0 Å². The number of aromatic nitrogens is 2. The smallest absolute Gasteiger partial charge is 0.223 e. The van der Waals surface area contributed by atoms with Gasteiger partial charge in [0.15, 0.2) is 11.8 Å². The predicted molar refractivity (Wildman–Crippen MR) is 88.3 cm³/mol. The summed E-state index contributed by atoms with van der Waals surface area (Å²) in [6.45, 7) is 5.68. The van der Waals surface area contributed by atoms with Crippen LogP contribution in [-0.2, 0) is 13.1 Å². The number of rotatable bonds is 6. The maximum absolute atomic E-state index is 5.26. The van der Waals surface area contributed by atoms with E-state index in [1.165, 1.54) is 0 Å². The first-order valence-corrected chi connectivity index (χ1v) is 7.54. The van der Waals surface area contributed by atoms with Crippen LogP contribution in [0.1, 0.15) is 24.2 Å². The van der Waals surface area contributed by atoms with Crippen molar-refractivity contribution in [2.24, 2.45) is 4.99 Å². The third-order valence-corrected chi connectivity index (χ3v) is 3.19. The SMILES string of the molecule is CCNC(=NCc1noc(C)n1)N(C)Cc1cccc(OC)c1. The highest BCUT2D eigenvalue weighted by Crippen LogP contribution is 2.14. The van der Waals surface area contributed by atoms with Crippen LogP contribution in [0.2, 0.25) is 0 Å². The van der Waals surface area contributed by atoms with Crippen molar-refractivity contribution in [3.8, 4) is 5.75 Å². The Morgan fingerprint density at radius 2 is 2.26 bits per heavy atom. The molecule has 1 aromatic heterocycles. The first-order chi connectivity index (χ1) is 11.1. The van der Waals surface area contributed by atoms with Crippen molar-refractivity contribution in [3.63, 3.8) is 0 Å². The van der Waals surface area contributed by atoms with Crippen molar-refractivity contribution < 1.29 is 9.26 Å². The van der Waals surface area contributed by atoms with Crippen LogP contribution in [0.3, 0.4) is 0 Å². The van der Waals surface area contributed by atoms with E-state index in [2.05, 4.69) is 26.5 Å². The molecule has 0 unspecified atom stereocenters. The predicted octanol–water partition coefficient (Wildman–Crippen LogP) is 1.98. The number of nitrogens with zero attached hydrogens (tertiary/aromatic N) is 4. The van der Waals surface area contributed by atoms with Crippen LogP contribution < -0.4 is 10.1 Å². The Hall–Kier alpha value is -2.57. The van der Waals surface area contributed by atoms with Gasteiger partial charge < -0.3 is 19.5 Å². The summed E-state index contributed by atoms with van der Waals surface area (Å²) in [5, 5.41) is 7.12. The molecule has 23 heavy (non-hydrogen) atoms. The molecule has 0 amide bonds. The summed E-state index contributed by atoms with van der Waals surface area (Å²) < 4.78 is 10.2. The van der Waals surface area contributed by atoms with Gasteiger partial charge in [-0.3, -0.25) is 0 Å². The van der Waals surface area contributed by atoms with Crippen LogP contribution in [-0.4, -0.2) is 41.7 Å². The van der Waals surface area contributed by atoms with E-state index in [4.69, 9.17) is 9.26 Å². The maximum Gasteiger partial charge on any atom is 0.223 e. The zero-order valence-electron chi connectivity index (χ0n) is 14.0. The van der Waals surface area contributed by atoms with E-state index >= 15 is 0 Å². The summed E-state index contributed by atoms with van der Waals surface area (Å²) in [4.78, 5) is 10.8. The minimum atomic E-state index is 0.377. The number of aryl methyl sites for hydroxylation is 1. The first-order valence-electron chi connectivity index (χ1n) is 7.54. The summed E-state index contributed by atoms with van der Waals surface area (Å²) in [7, 11) is 3.66. The molecule has 0 aliphatic heterocycles. The van der Waals surface area contributed by atoms with Gasteiger partial charge in [-0.05, 0) is 24.6 Å². The normalized spacial score (nSPS) is 11.4. The lowest BCUT2D eigenvalue weighted by Gasteiger charge is -2.22. The molecule has 124 valence electrons. The lowest BCUT2D eigenvalue weighted by Crippen LogP contribution is -2.38. The lowest BCUT2D eigenvalue weighted by molar-refractivity contribution is 0.387. The Morgan fingerprint density at radius 3 is 2.91 bits per heavy atom. The Bertz CT molecular complexity index is 653. The van der Waals surface area contributed by atoms with Gasteiger partial charge >= 0.3 is 0 Å². The number of guanidine groups is 1. The molecule has 0 atom stereocenters. The molecule has 2 aromatic rings. The molecule has 0 aliphatic carbocycles. The minimum absolute atomic E-state index is 0.377. The largest absolute Gasteiger partial charge is 0.497 e. The van der Waals surface area contributed by atoms with Gasteiger partial charge in [-0.1, -0.05) is 17.3 Å². The van der Waals surface area contributed by atoms with E-state index in [1.54, 1.807) is 14.0 Å².